The molecule has 1 aliphatic rings. The van der Waals surface area contributed by atoms with Gasteiger partial charge in [-0.2, -0.15) is 0 Å². The summed E-state index contributed by atoms with van der Waals surface area (Å²) in [5.41, 5.74) is 1.99. The van der Waals surface area contributed by atoms with Crippen molar-refractivity contribution in [3.63, 3.8) is 0 Å². The average Bonchev–Trinajstić information content (AvgIpc) is 3.07. The van der Waals surface area contributed by atoms with Crippen molar-refractivity contribution in [1.29, 1.82) is 0 Å². The first kappa shape index (κ1) is 23.0. The highest BCUT2D eigenvalue weighted by atomic mass is 35.5. The van der Waals surface area contributed by atoms with E-state index in [0.717, 1.165) is 5.52 Å². The summed E-state index contributed by atoms with van der Waals surface area (Å²) in [6, 6.07) is 17.6. The van der Waals surface area contributed by atoms with Crippen LogP contribution in [-0.2, 0) is 28.9 Å². The van der Waals surface area contributed by atoms with E-state index in [9.17, 15) is 18.0 Å². The average molecular weight is 513 g/mol. The molecule has 0 spiro atoms. The molecule has 0 unspecified atom stereocenters. The van der Waals surface area contributed by atoms with Crippen LogP contribution in [0.15, 0.2) is 76.4 Å². The van der Waals surface area contributed by atoms with Crippen molar-refractivity contribution in [1.82, 2.24) is 9.13 Å². The number of carbonyl (C=O) groups is 1. The number of aryl methyl sites for hydroxylation is 2. The maximum Gasteiger partial charge on any atom is 0.328 e. The fourth-order valence-electron chi connectivity index (χ4n) is 4.11. The van der Waals surface area contributed by atoms with Gasteiger partial charge < -0.3 is 10.1 Å². The second-order valence-electron chi connectivity index (χ2n) is 8.16. The molecule has 2 heterocycles. The number of carbonyl (C=O) groups excluding carboxylic acids is 1. The Hall–Kier alpha value is -3.76. The van der Waals surface area contributed by atoms with Crippen LogP contribution in [0, 0.1) is 0 Å². The molecule has 0 saturated heterocycles. The number of hydrogen-bond acceptors (Lipinski definition) is 5. The smallest absolute Gasteiger partial charge is 0.328 e. The van der Waals surface area contributed by atoms with E-state index < -0.39 is 22.0 Å². The van der Waals surface area contributed by atoms with Gasteiger partial charge in [-0.25, -0.2) is 13.2 Å². The summed E-state index contributed by atoms with van der Waals surface area (Å²) < 4.78 is 37.0. The fourth-order valence-corrected chi connectivity index (χ4v) is 5.71. The third-order valence-corrected chi connectivity index (χ3v) is 8.01. The first-order chi connectivity index (χ1) is 16.7. The third kappa shape index (κ3) is 3.94. The monoisotopic (exact) mass is 512 g/mol. The molecule has 0 radical (unpaired) electrons. The summed E-state index contributed by atoms with van der Waals surface area (Å²) in [5.74, 6) is -0.242. The number of nitrogens with zero attached hydrogens (tertiary/aromatic N) is 3. The Morgan fingerprint density at radius 3 is 2.43 bits per heavy atom. The summed E-state index contributed by atoms with van der Waals surface area (Å²) >= 11 is 5.92. The molecular weight excluding hydrogens is 492 g/mol. The molecule has 35 heavy (non-hydrogen) atoms. The Labute approximate surface area is 206 Å². The van der Waals surface area contributed by atoms with E-state index in [0.29, 0.717) is 21.9 Å². The van der Waals surface area contributed by atoms with Crippen LogP contribution in [-0.4, -0.2) is 36.1 Å². The number of rotatable bonds is 4. The second-order valence-corrected chi connectivity index (χ2v) is 10.5. The Kier molecular flexibility index (Phi) is 5.57. The number of amides is 1. The Morgan fingerprint density at radius 2 is 1.69 bits per heavy atom. The fraction of sp³-hybridized carbons (Fsp3) is 0.167. The van der Waals surface area contributed by atoms with E-state index in [-0.39, 0.29) is 22.9 Å². The van der Waals surface area contributed by atoms with Crippen LogP contribution in [0.3, 0.4) is 0 Å². The molecule has 0 bridgehead atoms. The van der Waals surface area contributed by atoms with Crippen molar-refractivity contribution < 1.29 is 17.9 Å². The van der Waals surface area contributed by atoms with Gasteiger partial charge >= 0.3 is 5.69 Å². The van der Waals surface area contributed by atoms with Gasteiger partial charge in [0.25, 0.3) is 15.9 Å². The lowest BCUT2D eigenvalue weighted by atomic mass is 10.2. The highest BCUT2D eigenvalue weighted by Crippen LogP contribution is 2.37. The highest BCUT2D eigenvalue weighted by molar-refractivity contribution is 7.92. The van der Waals surface area contributed by atoms with E-state index in [2.05, 4.69) is 5.32 Å². The van der Waals surface area contributed by atoms with Gasteiger partial charge in [0.1, 0.15) is 5.75 Å². The number of halogens is 1. The zero-order valence-corrected chi connectivity index (χ0v) is 20.4. The Bertz CT molecular complexity index is 1630. The van der Waals surface area contributed by atoms with Gasteiger partial charge in [-0.05, 0) is 54.6 Å². The molecule has 9 nitrogen and oxygen atoms in total. The predicted octanol–water partition coefficient (Wildman–Crippen LogP) is 3.13. The SMILES string of the molecule is Cn1c(=O)n(C)c2cc(NC(=O)[C@@H]3CN(S(=O)(=O)c4ccc(Cl)cc4)c4ccccc4O3)ccc21. The van der Waals surface area contributed by atoms with Crippen molar-refractivity contribution in [2.45, 2.75) is 11.0 Å². The maximum atomic E-state index is 13.5. The number of hydrogen-bond donors (Lipinski definition) is 1. The first-order valence-corrected chi connectivity index (χ1v) is 12.5. The van der Waals surface area contributed by atoms with Gasteiger partial charge in [0, 0.05) is 24.8 Å². The highest BCUT2D eigenvalue weighted by Gasteiger charge is 2.37. The molecule has 3 aromatic carbocycles. The number of nitrogens with one attached hydrogen (secondary N) is 1. The lowest BCUT2D eigenvalue weighted by Gasteiger charge is -2.34. The lowest BCUT2D eigenvalue weighted by molar-refractivity contribution is -0.122. The summed E-state index contributed by atoms with van der Waals surface area (Å²) in [5, 5.41) is 3.20. The first-order valence-electron chi connectivity index (χ1n) is 10.7. The molecule has 1 atom stereocenters. The summed E-state index contributed by atoms with van der Waals surface area (Å²) in [4.78, 5) is 25.4. The van der Waals surface area contributed by atoms with E-state index >= 15 is 0 Å². The third-order valence-electron chi connectivity index (χ3n) is 5.97. The van der Waals surface area contributed by atoms with E-state index in [1.54, 1.807) is 56.6 Å². The number of para-hydroxylation sites is 2. The van der Waals surface area contributed by atoms with Crippen LogP contribution in [0.25, 0.3) is 11.0 Å². The van der Waals surface area contributed by atoms with Crippen LogP contribution in [0.4, 0.5) is 11.4 Å². The van der Waals surface area contributed by atoms with Gasteiger partial charge in [0.2, 0.25) is 0 Å². The predicted molar refractivity (Wildman–Crippen MR) is 134 cm³/mol. The molecule has 1 aromatic heterocycles. The van der Waals surface area contributed by atoms with Crippen LogP contribution in [0.2, 0.25) is 5.02 Å². The molecule has 11 heteroatoms. The van der Waals surface area contributed by atoms with Crippen molar-refractivity contribution in [3.05, 3.63) is 82.2 Å². The van der Waals surface area contributed by atoms with Gasteiger partial charge in [0.15, 0.2) is 6.10 Å². The number of benzene rings is 3. The molecule has 0 aliphatic carbocycles. The second kappa shape index (κ2) is 8.47. The molecule has 0 saturated carbocycles. The van der Waals surface area contributed by atoms with Gasteiger partial charge in [0.05, 0.1) is 28.2 Å². The minimum atomic E-state index is -3.99. The van der Waals surface area contributed by atoms with Crippen molar-refractivity contribution >= 4 is 49.9 Å². The molecule has 0 fully saturated rings. The molecule has 1 amide bonds. The van der Waals surface area contributed by atoms with Crippen LogP contribution in [0.1, 0.15) is 0 Å². The van der Waals surface area contributed by atoms with Gasteiger partial charge in [-0.1, -0.05) is 23.7 Å². The number of imidazole rings is 1. The standard InChI is InChI=1S/C24H21ClN4O5S/c1-27-18-12-9-16(13-20(18)28(2)24(27)31)26-23(30)22-14-29(19-5-3-4-6-21(19)34-22)35(32,33)17-10-7-15(25)8-11-17/h3-13,22H,14H2,1-2H3,(H,26,30)/t22-/m0/s1. The zero-order chi connectivity index (χ0) is 24.9. The minimum Gasteiger partial charge on any atom is -0.476 e. The number of anilines is 2. The molecule has 180 valence electrons. The molecule has 5 rings (SSSR count). The van der Waals surface area contributed by atoms with Crippen LogP contribution < -0.4 is 20.0 Å². The van der Waals surface area contributed by atoms with Crippen LogP contribution >= 0.6 is 11.6 Å². The molecule has 1 aliphatic heterocycles. The zero-order valence-electron chi connectivity index (χ0n) is 18.8. The number of aromatic nitrogens is 2. The molecule has 4 aromatic rings. The molecular formula is C24H21ClN4O5S. The van der Waals surface area contributed by atoms with E-state index in [4.69, 9.17) is 16.3 Å². The van der Waals surface area contributed by atoms with Crippen molar-refractivity contribution in [3.8, 4) is 5.75 Å². The lowest BCUT2D eigenvalue weighted by Crippen LogP contribution is -2.48. The maximum absolute atomic E-state index is 13.5. The topological polar surface area (TPSA) is 103 Å². The van der Waals surface area contributed by atoms with Gasteiger partial charge in [-0.3, -0.25) is 18.2 Å². The summed E-state index contributed by atoms with van der Waals surface area (Å²) in [6.07, 6.45) is -1.11. The van der Waals surface area contributed by atoms with Gasteiger partial charge in [-0.15, -0.1) is 0 Å². The normalized spacial score (nSPS) is 15.5. The number of fused-ring (bicyclic) bond motifs is 2. The molecule has 1 N–H and O–H groups in total. The quantitative estimate of drug-likeness (QED) is 0.452. The Balaban J connectivity index is 1.46. The van der Waals surface area contributed by atoms with E-state index in [1.807, 2.05) is 0 Å². The number of ether oxygens (including phenoxy) is 1. The van der Waals surface area contributed by atoms with Crippen LogP contribution in [0.5, 0.6) is 5.75 Å². The summed E-state index contributed by atoms with van der Waals surface area (Å²) in [7, 11) is -0.672. The number of sulfonamides is 1. The van der Waals surface area contributed by atoms with Crippen molar-refractivity contribution in [2.24, 2.45) is 14.1 Å². The van der Waals surface area contributed by atoms with E-state index in [1.165, 1.54) is 37.7 Å². The minimum absolute atomic E-state index is 0.0493. The summed E-state index contributed by atoms with van der Waals surface area (Å²) in [6.45, 7) is -0.222. The van der Waals surface area contributed by atoms with Crippen molar-refractivity contribution in [2.75, 3.05) is 16.2 Å². The Morgan fingerprint density at radius 1 is 1.00 bits per heavy atom. The largest absolute Gasteiger partial charge is 0.476 e.